The summed E-state index contributed by atoms with van der Waals surface area (Å²) >= 11 is 5.87. The van der Waals surface area contributed by atoms with Crippen molar-refractivity contribution in [2.75, 3.05) is 4.90 Å². The van der Waals surface area contributed by atoms with E-state index in [0.717, 1.165) is 10.5 Å². The Hall–Kier alpha value is -4.43. The minimum atomic E-state index is -1.24. The molecule has 4 rings (SSSR count). The number of amides is 4. The van der Waals surface area contributed by atoms with Gasteiger partial charge in [0.2, 0.25) is 0 Å². The molecule has 1 heterocycles. The van der Waals surface area contributed by atoms with Gasteiger partial charge in [-0.15, -0.1) is 0 Å². The molecule has 1 aliphatic rings. The molecule has 2 N–H and O–H groups in total. The van der Waals surface area contributed by atoms with Gasteiger partial charge in [-0.05, 0) is 53.6 Å². The number of benzene rings is 3. The van der Waals surface area contributed by atoms with Gasteiger partial charge in [-0.2, -0.15) is 0 Å². The van der Waals surface area contributed by atoms with Crippen LogP contribution >= 0.6 is 11.6 Å². The number of rotatable bonds is 6. The van der Waals surface area contributed by atoms with E-state index in [0.29, 0.717) is 5.02 Å². The molecule has 1 aliphatic heterocycles. The van der Waals surface area contributed by atoms with Crippen molar-refractivity contribution >= 4 is 47.2 Å². The van der Waals surface area contributed by atoms with E-state index in [1.54, 1.807) is 0 Å². The Kier molecular flexibility index (Phi) is 6.42. The third-order valence-electron chi connectivity index (χ3n) is 4.97. The minimum Gasteiger partial charge on any atom is -0.488 e. The van der Waals surface area contributed by atoms with Crippen LogP contribution in [0, 0.1) is 0 Å². The highest BCUT2D eigenvalue weighted by Crippen LogP contribution is 2.26. The predicted octanol–water partition coefficient (Wildman–Crippen LogP) is 4.28. The molecule has 0 bridgehead atoms. The number of halogens is 1. The number of carboxylic acid groups (broad SMARTS) is 1. The normalized spacial score (nSPS) is 14.8. The number of imide groups is 2. The fourth-order valence-corrected chi connectivity index (χ4v) is 3.44. The van der Waals surface area contributed by atoms with Crippen LogP contribution in [0.25, 0.3) is 6.08 Å². The van der Waals surface area contributed by atoms with Crippen molar-refractivity contribution in [3.8, 4) is 5.75 Å². The lowest BCUT2D eigenvalue weighted by molar-refractivity contribution is -0.122. The molecule has 1 saturated heterocycles. The molecule has 8 nitrogen and oxygen atoms in total. The van der Waals surface area contributed by atoms with Crippen molar-refractivity contribution in [2.24, 2.45) is 0 Å². The van der Waals surface area contributed by atoms with Gasteiger partial charge in [0.1, 0.15) is 23.5 Å². The second-order valence-corrected chi connectivity index (χ2v) is 7.71. The Morgan fingerprint density at radius 1 is 1.00 bits per heavy atom. The number of hydrogen-bond donors (Lipinski definition) is 2. The molecule has 3 aromatic rings. The summed E-state index contributed by atoms with van der Waals surface area (Å²) in [5.41, 5.74) is 0.888. The van der Waals surface area contributed by atoms with E-state index in [9.17, 15) is 24.3 Å². The third kappa shape index (κ3) is 4.82. The predicted molar refractivity (Wildman–Crippen MR) is 125 cm³/mol. The first-order valence-corrected chi connectivity index (χ1v) is 10.4. The van der Waals surface area contributed by atoms with Gasteiger partial charge in [0.25, 0.3) is 11.8 Å². The second kappa shape index (κ2) is 9.60. The Balaban J connectivity index is 1.63. The number of barbiturate groups is 1. The van der Waals surface area contributed by atoms with Crippen LogP contribution in [0.4, 0.5) is 10.5 Å². The number of aromatic carboxylic acids is 1. The largest absolute Gasteiger partial charge is 0.488 e. The standard InChI is InChI=1S/C25H17ClN2O6/c26-17-7-9-18(10-8-17)28-23(30)20(22(29)27-25(28)33)13-16-6-11-21(19(12-16)24(31)32)34-14-15-4-2-1-3-5-15/h1-13H,14H2,(H,31,32)(H,27,29,33)/b20-13-. The summed E-state index contributed by atoms with van der Waals surface area (Å²) in [7, 11) is 0. The average Bonchev–Trinajstić information content (AvgIpc) is 2.82. The maximum atomic E-state index is 13.0. The number of nitrogens with one attached hydrogen (secondary N) is 1. The van der Waals surface area contributed by atoms with E-state index in [-0.39, 0.29) is 34.7 Å². The van der Waals surface area contributed by atoms with E-state index in [1.165, 1.54) is 48.5 Å². The fraction of sp³-hybridized carbons (Fsp3) is 0.0400. The van der Waals surface area contributed by atoms with Crippen LogP contribution in [0.1, 0.15) is 21.5 Å². The van der Waals surface area contributed by atoms with Crippen LogP contribution in [-0.4, -0.2) is 28.9 Å². The molecule has 0 aromatic heterocycles. The van der Waals surface area contributed by atoms with Crippen LogP contribution in [0.2, 0.25) is 5.02 Å². The number of hydrogen-bond acceptors (Lipinski definition) is 5. The summed E-state index contributed by atoms with van der Waals surface area (Å²) in [4.78, 5) is 50.3. The van der Waals surface area contributed by atoms with Crippen molar-refractivity contribution in [1.82, 2.24) is 5.32 Å². The first-order chi connectivity index (χ1) is 16.3. The number of nitrogens with zero attached hydrogens (tertiary/aromatic N) is 1. The molecule has 170 valence electrons. The monoisotopic (exact) mass is 476 g/mol. The minimum absolute atomic E-state index is 0.135. The Morgan fingerprint density at radius 3 is 2.38 bits per heavy atom. The lowest BCUT2D eigenvalue weighted by Crippen LogP contribution is -2.54. The van der Waals surface area contributed by atoms with Crippen LogP contribution in [-0.2, 0) is 16.2 Å². The maximum Gasteiger partial charge on any atom is 0.339 e. The zero-order valence-corrected chi connectivity index (χ0v) is 18.3. The van der Waals surface area contributed by atoms with Crippen LogP contribution < -0.4 is 15.0 Å². The lowest BCUT2D eigenvalue weighted by atomic mass is 10.0. The van der Waals surface area contributed by atoms with Crippen molar-refractivity contribution in [2.45, 2.75) is 6.61 Å². The van der Waals surface area contributed by atoms with Gasteiger partial charge in [-0.1, -0.05) is 48.0 Å². The molecule has 0 spiro atoms. The quantitative estimate of drug-likeness (QED) is 0.405. The van der Waals surface area contributed by atoms with E-state index < -0.39 is 23.8 Å². The molecule has 0 saturated carbocycles. The van der Waals surface area contributed by atoms with Gasteiger partial charge in [0.05, 0.1) is 5.69 Å². The molecular weight excluding hydrogens is 460 g/mol. The van der Waals surface area contributed by atoms with E-state index in [1.807, 2.05) is 30.3 Å². The second-order valence-electron chi connectivity index (χ2n) is 7.27. The van der Waals surface area contributed by atoms with E-state index in [2.05, 4.69) is 5.32 Å². The molecule has 3 aromatic carbocycles. The molecule has 0 radical (unpaired) electrons. The lowest BCUT2D eigenvalue weighted by Gasteiger charge is -2.26. The van der Waals surface area contributed by atoms with Gasteiger partial charge >= 0.3 is 12.0 Å². The fourth-order valence-electron chi connectivity index (χ4n) is 3.31. The van der Waals surface area contributed by atoms with E-state index >= 15 is 0 Å². The number of carboxylic acids is 1. The molecule has 0 unspecified atom stereocenters. The van der Waals surface area contributed by atoms with Gasteiger partial charge in [0, 0.05) is 5.02 Å². The molecule has 34 heavy (non-hydrogen) atoms. The Morgan fingerprint density at radius 2 is 1.71 bits per heavy atom. The molecule has 9 heteroatoms. The smallest absolute Gasteiger partial charge is 0.339 e. The summed E-state index contributed by atoms with van der Waals surface area (Å²) < 4.78 is 5.66. The SMILES string of the molecule is O=C1NC(=O)N(c2ccc(Cl)cc2)C(=O)/C1=C\c1ccc(OCc2ccccc2)c(C(=O)O)c1. The third-order valence-corrected chi connectivity index (χ3v) is 5.22. The first-order valence-electron chi connectivity index (χ1n) is 10.0. The van der Waals surface area contributed by atoms with Crippen molar-refractivity contribution in [3.63, 3.8) is 0 Å². The summed E-state index contributed by atoms with van der Waals surface area (Å²) in [5.74, 6) is -2.84. The van der Waals surface area contributed by atoms with Gasteiger partial charge < -0.3 is 9.84 Å². The maximum absolute atomic E-state index is 13.0. The Bertz CT molecular complexity index is 1320. The molecule has 0 aliphatic carbocycles. The summed E-state index contributed by atoms with van der Waals surface area (Å²) in [5, 5.41) is 12.2. The summed E-state index contributed by atoms with van der Waals surface area (Å²) in [6.45, 7) is 0.167. The van der Waals surface area contributed by atoms with Crippen LogP contribution in [0.3, 0.4) is 0 Å². The first kappa shape index (κ1) is 22.8. The van der Waals surface area contributed by atoms with Crippen molar-refractivity contribution in [1.29, 1.82) is 0 Å². The average molecular weight is 477 g/mol. The highest BCUT2D eigenvalue weighted by Gasteiger charge is 2.36. The molecule has 4 amide bonds. The van der Waals surface area contributed by atoms with Crippen LogP contribution in [0.5, 0.6) is 5.75 Å². The highest BCUT2D eigenvalue weighted by molar-refractivity contribution is 6.39. The number of anilines is 1. The summed E-state index contributed by atoms with van der Waals surface area (Å²) in [6, 6.07) is 18.5. The number of ether oxygens (including phenoxy) is 1. The zero-order chi connectivity index (χ0) is 24.2. The number of urea groups is 1. The topological polar surface area (TPSA) is 113 Å². The molecule has 0 atom stereocenters. The molecule has 1 fully saturated rings. The van der Waals surface area contributed by atoms with E-state index in [4.69, 9.17) is 16.3 Å². The van der Waals surface area contributed by atoms with Crippen LogP contribution in [0.15, 0.2) is 78.4 Å². The van der Waals surface area contributed by atoms with Gasteiger partial charge in [-0.3, -0.25) is 14.9 Å². The Labute approximate surface area is 199 Å². The zero-order valence-electron chi connectivity index (χ0n) is 17.5. The van der Waals surface area contributed by atoms with Gasteiger partial charge in [0.15, 0.2) is 0 Å². The van der Waals surface area contributed by atoms with Crippen molar-refractivity contribution in [3.05, 3.63) is 100 Å². The van der Waals surface area contributed by atoms with Crippen molar-refractivity contribution < 1.29 is 29.0 Å². The molecular formula is C25H17ClN2O6. The number of carbonyl (C=O) groups is 4. The summed E-state index contributed by atoms with van der Waals surface area (Å²) in [6.07, 6.45) is 1.22. The van der Waals surface area contributed by atoms with Gasteiger partial charge in [-0.25, -0.2) is 14.5 Å². The highest BCUT2D eigenvalue weighted by atomic mass is 35.5. The number of carbonyl (C=O) groups excluding carboxylic acids is 3.